The molecule has 1 saturated heterocycles. The van der Waals surface area contributed by atoms with Crippen LogP contribution in [0.1, 0.15) is 26.7 Å². The van der Waals surface area contributed by atoms with Crippen LogP contribution in [0.4, 0.5) is 11.5 Å². The largest absolute Gasteiger partial charge is 0.357 e. The second-order valence-corrected chi connectivity index (χ2v) is 8.88. The Morgan fingerprint density at radius 2 is 1.83 bits per heavy atom. The van der Waals surface area contributed by atoms with Crippen LogP contribution >= 0.6 is 0 Å². The van der Waals surface area contributed by atoms with E-state index in [1.807, 2.05) is 32.0 Å². The Kier molecular flexibility index (Phi) is 6.74. The van der Waals surface area contributed by atoms with Crippen LogP contribution < -0.4 is 14.5 Å². The van der Waals surface area contributed by atoms with Gasteiger partial charge in [-0.15, -0.1) is 0 Å². The summed E-state index contributed by atoms with van der Waals surface area (Å²) in [7, 11) is -3.68. The number of nitrogens with zero attached hydrogens (tertiary/aromatic N) is 3. The Hall–Kier alpha value is -2.61. The fourth-order valence-corrected chi connectivity index (χ4v) is 5.03. The number of hydrogen-bond acceptors (Lipinski definition) is 5. The molecule has 0 aliphatic carbocycles. The predicted octanol–water partition coefficient (Wildman–Crippen LogP) is 2.65. The lowest BCUT2D eigenvalue weighted by atomic mass is 9.96. The van der Waals surface area contributed by atoms with Crippen LogP contribution in [-0.4, -0.2) is 45.5 Å². The summed E-state index contributed by atoms with van der Waals surface area (Å²) in [5.41, 5.74) is 0.631. The van der Waals surface area contributed by atoms with Gasteiger partial charge in [-0.2, -0.15) is 0 Å². The lowest BCUT2D eigenvalue weighted by molar-refractivity contribution is -0.125. The molecule has 1 N–H and O–H groups in total. The Balaban J connectivity index is 1.71. The van der Waals surface area contributed by atoms with Crippen molar-refractivity contribution in [2.24, 2.45) is 5.92 Å². The summed E-state index contributed by atoms with van der Waals surface area (Å²) in [5, 5.41) is 2.88. The molecule has 29 heavy (non-hydrogen) atoms. The maximum atomic E-state index is 13.1. The Labute approximate surface area is 172 Å². The smallest absolute Gasteiger partial charge is 0.265 e. The molecule has 1 aliphatic rings. The summed E-state index contributed by atoms with van der Waals surface area (Å²) < 4.78 is 27.5. The van der Waals surface area contributed by atoms with Gasteiger partial charge in [0.1, 0.15) is 10.7 Å². The number of amides is 1. The van der Waals surface area contributed by atoms with E-state index in [9.17, 15) is 13.2 Å². The lowest BCUT2D eigenvalue weighted by Crippen LogP contribution is -2.40. The molecule has 1 amide bonds. The van der Waals surface area contributed by atoms with Crippen molar-refractivity contribution < 1.29 is 13.2 Å². The SMILES string of the molecule is CCNC(=O)C1CCN(c2ccc(S(=O)(=O)N(CC)c3ccccc3)cn2)CC1. The fourth-order valence-electron chi connectivity index (χ4n) is 3.61. The molecular formula is C21H28N4O3S. The lowest BCUT2D eigenvalue weighted by Gasteiger charge is -2.32. The minimum atomic E-state index is -3.68. The highest BCUT2D eigenvalue weighted by atomic mass is 32.2. The van der Waals surface area contributed by atoms with Gasteiger partial charge in [0, 0.05) is 38.3 Å². The van der Waals surface area contributed by atoms with E-state index >= 15 is 0 Å². The first kappa shape index (κ1) is 21.1. The van der Waals surface area contributed by atoms with E-state index in [1.165, 1.54) is 10.5 Å². The van der Waals surface area contributed by atoms with Gasteiger partial charge in [0.05, 0.1) is 5.69 Å². The first-order chi connectivity index (χ1) is 14.0. The van der Waals surface area contributed by atoms with Crippen molar-refractivity contribution >= 4 is 27.4 Å². The average Bonchev–Trinajstić information content (AvgIpc) is 2.75. The van der Waals surface area contributed by atoms with E-state index in [2.05, 4.69) is 15.2 Å². The molecule has 1 fully saturated rings. The average molecular weight is 417 g/mol. The highest BCUT2D eigenvalue weighted by Crippen LogP contribution is 2.26. The van der Waals surface area contributed by atoms with Crippen LogP contribution in [0.2, 0.25) is 0 Å². The number of para-hydroxylation sites is 1. The van der Waals surface area contributed by atoms with Crippen LogP contribution in [0, 0.1) is 5.92 Å². The van der Waals surface area contributed by atoms with Crippen molar-refractivity contribution in [3.63, 3.8) is 0 Å². The highest BCUT2D eigenvalue weighted by molar-refractivity contribution is 7.92. The predicted molar refractivity (Wildman–Crippen MR) is 115 cm³/mol. The third-order valence-electron chi connectivity index (χ3n) is 5.18. The van der Waals surface area contributed by atoms with E-state index in [0.29, 0.717) is 18.8 Å². The molecular weight excluding hydrogens is 388 g/mol. The number of pyridine rings is 1. The van der Waals surface area contributed by atoms with E-state index < -0.39 is 10.0 Å². The molecule has 2 heterocycles. The number of rotatable bonds is 7. The van der Waals surface area contributed by atoms with Gasteiger partial charge in [-0.25, -0.2) is 13.4 Å². The van der Waals surface area contributed by atoms with E-state index in [-0.39, 0.29) is 16.7 Å². The number of sulfonamides is 1. The highest BCUT2D eigenvalue weighted by Gasteiger charge is 2.27. The van der Waals surface area contributed by atoms with Crippen LogP contribution in [0.5, 0.6) is 0 Å². The second kappa shape index (κ2) is 9.26. The molecule has 0 bridgehead atoms. The molecule has 0 spiro atoms. The van der Waals surface area contributed by atoms with Gasteiger partial charge in [0.15, 0.2) is 0 Å². The molecule has 2 aromatic rings. The topological polar surface area (TPSA) is 82.6 Å². The Morgan fingerprint density at radius 1 is 1.14 bits per heavy atom. The third-order valence-corrected chi connectivity index (χ3v) is 7.07. The minimum Gasteiger partial charge on any atom is -0.357 e. The fraction of sp³-hybridized carbons (Fsp3) is 0.429. The molecule has 7 nitrogen and oxygen atoms in total. The van der Waals surface area contributed by atoms with Gasteiger partial charge in [0.25, 0.3) is 10.0 Å². The zero-order valence-corrected chi connectivity index (χ0v) is 17.7. The van der Waals surface area contributed by atoms with Crippen molar-refractivity contribution in [1.82, 2.24) is 10.3 Å². The molecule has 0 unspecified atom stereocenters. The minimum absolute atomic E-state index is 0.0369. The number of anilines is 2. The number of benzene rings is 1. The number of carbonyl (C=O) groups is 1. The van der Waals surface area contributed by atoms with Gasteiger partial charge in [-0.05, 0) is 51.0 Å². The quantitative estimate of drug-likeness (QED) is 0.750. The number of piperidine rings is 1. The second-order valence-electron chi connectivity index (χ2n) is 7.01. The molecule has 1 aromatic heterocycles. The molecule has 0 radical (unpaired) electrons. The number of carbonyl (C=O) groups excluding carboxylic acids is 1. The first-order valence-electron chi connectivity index (χ1n) is 10.0. The summed E-state index contributed by atoms with van der Waals surface area (Å²) in [5.74, 6) is 0.887. The summed E-state index contributed by atoms with van der Waals surface area (Å²) in [4.78, 5) is 18.7. The van der Waals surface area contributed by atoms with E-state index in [1.54, 1.807) is 24.3 Å². The molecule has 8 heteroatoms. The molecule has 156 valence electrons. The van der Waals surface area contributed by atoms with Gasteiger partial charge in [-0.1, -0.05) is 18.2 Å². The standard InChI is InChI=1S/C21H28N4O3S/c1-3-22-21(26)17-12-14-24(15-13-17)20-11-10-19(16-23-20)29(27,28)25(4-2)18-8-6-5-7-9-18/h5-11,16-17H,3-4,12-15H2,1-2H3,(H,22,26). The van der Waals surface area contributed by atoms with Crippen LogP contribution in [0.3, 0.4) is 0 Å². The number of hydrogen-bond donors (Lipinski definition) is 1. The van der Waals surface area contributed by atoms with Crippen LogP contribution in [0.15, 0.2) is 53.6 Å². The summed E-state index contributed by atoms with van der Waals surface area (Å²) in [6.45, 7) is 6.17. The Bertz CT molecular complexity index is 909. The van der Waals surface area contributed by atoms with Crippen molar-refractivity contribution in [2.75, 3.05) is 35.4 Å². The maximum absolute atomic E-state index is 13.1. The monoisotopic (exact) mass is 416 g/mol. The zero-order valence-electron chi connectivity index (χ0n) is 16.9. The Morgan fingerprint density at radius 3 is 2.38 bits per heavy atom. The van der Waals surface area contributed by atoms with Crippen molar-refractivity contribution in [2.45, 2.75) is 31.6 Å². The van der Waals surface area contributed by atoms with Crippen LogP contribution in [-0.2, 0) is 14.8 Å². The molecule has 0 atom stereocenters. The van der Waals surface area contributed by atoms with Gasteiger partial charge < -0.3 is 10.2 Å². The van der Waals surface area contributed by atoms with Crippen molar-refractivity contribution in [3.8, 4) is 0 Å². The van der Waals surface area contributed by atoms with Crippen molar-refractivity contribution in [1.29, 1.82) is 0 Å². The summed E-state index contributed by atoms with van der Waals surface area (Å²) >= 11 is 0. The maximum Gasteiger partial charge on any atom is 0.265 e. The van der Waals surface area contributed by atoms with Gasteiger partial charge >= 0.3 is 0 Å². The van der Waals surface area contributed by atoms with Crippen molar-refractivity contribution in [3.05, 3.63) is 48.7 Å². The van der Waals surface area contributed by atoms with Crippen LogP contribution in [0.25, 0.3) is 0 Å². The third kappa shape index (κ3) is 4.70. The molecule has 3 rings (SSSR count). The van der Waals surface area contributed by atoms with E-state index in [0.717, 1.165) is 31.7 Å². The van der Waals surface area contributed by atoms with Gasteiger partial charge in [-0.3, -0.25) is 9.10 Å². The summed E-state index contributed by atoms with van der Waals surface area (Å²) in [6, 6.07) is 12.4. The summed E-state index contributed by atoms with van der Waals surface area (Å²) in [6.07, 6.45) is 2.96. The van der Waals surface area contributed by atoms with Gasteiger partial charge in [0.2, 0.25) is 5.91 Å². The number of aromatic nitrogens is 1. The molecule has 0 saturated carbocycles. The zero-order chi connectivity index (χ0) is 20.9. The molecule has 1 aliphatic heterocycles. The first-order valence-corrected chi connectivity index (χ1v) is 11.5. The number of nitrogens with one attached hydrogen (secondary N) is 1. The molecule has 1 aromatic carbocycles. The normalized spacial score (nSPS) is 15.2. The van der Waals surface area contributed by atoms with E-state index in [4.69, 9.17) is 0 Å².